The van der Waals surface area contributed by atoms with Gasteiger partial charge in [-0.3, -0.25) is 14.2 Å². The monoisotopic (exact) mass is 520 g/mol. The quantitative estimate of drug-likeness (QED) is 0.388. The Hall–Kier alpha value is -3.69. The zero-order valence-corrected chi connectivity index (χ0v) is 21.2. The molecule has 2 bridgehead atoms. The molecule has 2 aliphatic heterocycles. The maximum atomic E-state index is 13.8. The smallest absolute Gasteiger partial charge is 0.317 e. The Balaban J connectivity index is 1.58. The number of carbonyl (C=O) groups is 1. The summed E-state index contributed by atoms with van der Waals surface area (Å²) in [5.74, 6) is -0.722. The minimum Gasteiger partial charge on any atom is -0.469 e. The van der Waals surface area contributed by atoms with E-state index in [1.54, 1.807) is 22.2 Å². The van der Waals surface area contributed by atoms with Crippen molar-refractivity contribution >= 4 is 35.0 Å². The number of esters is 1. The summed E-state index contributed by atoms with van der Waals surface area (Å²) in [6.07, 6.45) is 1.74. The van der Waals surface area contributed by atoms with Crippen LogP contribution in [0.2, 0.25) is 5.15 Å². The fourth-order valence-corrected chi connectivity index (χ4v) is 6.39. The Labute approximate surface area is 214 Å². The first-order chi connectivity index (χ1) is 17.3. The van der Waals surface area contributed by atoms with Crippen molar-refractivity contribution in [2.75, 3.05) is 7.11 Å². The van der Waals surface area contributed by atoms with Gasteiger partial charge >= 0.3 is 5.97 Å². The predicted octanol–water partition coefficient (Wildman–Crippen LogP) is 3.01. The third-order valence-electron chi connectivity index (χ3n) is 6.66. The van der Waals surface area contributed by atoms with Crippen molar-refractivity contribution in [3.05, 3.63) is 96.3 Å². The maximum absolute atomic E-state index is 13.8. The number of ether oxygens (including phenoxy) is 2. The molecule has 6 rings (SSSR count). The molecule has 4 aromatic rings. The van der Waals surface area contributed by atoms with E-state index in [9.17, 15) is 9.59 Å². The number of carbonyl (C=O) groups excluding carboxylic acids is 1. The molecule has 0 N–H and O–H groups in total. The highest BCUT2D eigenvalue weighted by Gasteiger charge is 2.55. The highest BCUT2D eigenvalue weighted by Crippen LogP contribution is 2.47. The first-order valence-electron chi connectivity index (χ1n) is 11.3. The van der Waals surface area contributed by atoms with Crippen LogP contribution < -0.4 is 19.6 Å². The maximum Gasteiger partial charge on any atom is 0.317 e. The van der Waals surface area contributed by atoms with Gasteiger partial charge in [0.15, 0.2) is 4.80 Å². The molecule has 0 amide bonds. The number of hydrogen-bond acceptors (Lipinski definition) is 7. The molecule has 3 atom stereocenters. The zero-order chi connectivity index (χ0) is 25.2. The van der Waals surface area contributed by atoms with Crippen molar-refractivity contribution in [1.82, 2.24) is 14.3 Å². The van der Waals surface area contributed by atoms with Gasteiger partial charge in [-0.05, 0) is 38.1 Å². The molecule has 2 aromatic heterocycles. The number of fused-ring (bicyclic) bond motifs is 6. The Morgan fingerprint density at radius 2 is 1.92 bits per heavy atom. The van der Waals surface area contributed by atoms with E-state index in [0.29, 0.717) is 31.5 Å². The SMILES string of the molecule is COC(=O)[C@H]1[C@H]2c3ccccc3O[C@@]1(C)N=c1s/c(=C\c3c(C)nn(-c4ccccc4)c3Cl)c(=O)n12. The summed E-state index contributed by atoms with van der Waals surface area (Å²) in [4.78, 5) is 32.0. The number of aryl methyl sites for hydroxylation is 1. The number of nitrogens with zero attached hydrogens (tertiary/aromatic N) is 4. The van der Waals surface area contributed by atoms with Gasteiger partial charge in [-0.25, -0.2) is 9.67 Å². The van der Waals surface area contributed by atoms with E-state index in [-0.39, 0.29) is 5.56 Å². The van der Waals surface area contributed by atoms with Gasteiger partial charge in [0.05, 0.1) is 29.1 Å². The second-order valence-electron chi connectivity index (χ2n) is 8.86. The molecule has 2 aromatic carbocycles. The van der Waals surface area contributed by atoms with Gasteiger partial charge in [-0.2, -0.15) is 5.10 Å². The lowest BCUT2D eigenvalue weighted by molar-refractivity contribution is -0.158. The molecule has 0 saturated carbocycles. The summed E-state index contributed by atoms with van der Waals surface area (Å²) < 4.78 is 15.0. The largest absolute Gasteiger partial charge is 0.469 e. The summed E-state index contributed by atoms with van der Waals surface area (Å²) in [5.41, 5.74) is 1.40. The number of benzene rings is 2. The predicted molar refractivity (Wildman–Crippen MR) is 135 cm³/mol. The minimum atomic E-state index is -1.22. The van der Waals surface area contributed by atoms with Gasteiger partial charge in [0.2, 0.25) is 5.72 Å². The molecule has 0 fully saturated rings. The molecule has 2 aliphatic rings. The standard InChI is InChI=1S/C26H21ClN4O4S/c1-14-17(22(27)31(29-14)15-9-5-4-6-10-15)13-19-23(32)30-21-16-11-7-8-12-18(16)35-26(2,28-25(30)36-19)20(21)24(33)34-3/h4-13,20-21H,1-3H3/b19-13-/t20-,21-,26-/m1/s1. The molecule has 36 heavy (non-hydrogen) atoms. The molecule has 4 heterocycles. The number of thiazole rings is 1. The van der Waals surface area contributed by atoms with Gasteiger partial charge in [0, 0.05) is 11.1 Å². The number of hydrogen-bond donors (Lipinski definition) is 0. The van der Waals surface area contributed by atoms with Gasteiger partial charge in [-0.15, -0.1) is 0 Å². The molecular formula is C26H21ClN4O4S. The summed E-state index contributed by atoms with van der Waals surface area (Å²) in [5, 5.41) is 4.97. The van der Waals surface area contributed by atoms with Crippen molar-refractivity contribution in [1.29, 1.82) is 0 Å². The van der Waals surface area contributed by atoms with Gasteiger partial charge in [0.1, 0.15) is 16.8 Å². The number of para-hydroxylation sites is 2. The fraction of sp³-hybridized carbons (Fsp3) is 0.231. The van der Waals surface area contributed by atoms with Crippen molar-refractivity contribution < 1.29 is 14.3 Å². The molecule has 0 radical (unpaired) electrons. The third-order valence-corrected chi connectivity index (χ3v) is 8.01. The van der Waals surface area contributed by atoms with Crippen molar-refractivity contribution in [3.63, 3.8) is 0 Å². The number of halogens is 1. The van der Waals surface area contributed by atoms with Crippen molar-refractivity contribution in [3.8, 4) is 11.4 Å². The molecule has 182 valence electrons. The van der Waals surface area contributed by atoms with E-state index < -0.39 is 23.7 Å². The van der Waals surface area contributed by atoms with Crippen molar-refractivity contribution in [2.24, 2.45) is 10.9 Å². The van der Waals surface area contributed by atoms with E-state index in [4.69, 9.17) is 26.1 Å². The summed E-state index contributed by atoms with van der Waals surface area (Å²) in [6.45, 7) is 3.59. The van der Waals surface area contributed by atoms with Crippen LogP contribution in [0.1, 0.15) is 29.8 Å². The van der Waals surface area contributed by atoms with Crippen molar-refractivity contribution in [2.45, 2.75) is 25.6 Å². The molecule has 0 saturated heterocycles. The fourth-order valence-electron chi connectivity index (χ4n) is 4.98. The van der Waals surface area contributed by atoms with Crippen LogP contribution in [-0.2, 0) is 9.53 Å². The lowest BCUT2D eigenvalue weighted by Crippen LogP contribution is -2.58. The molecule has 10 heteroatoms. The highest BCUT2D eigenvalue weighted by atomic mass is 35.5. The Bertz CT molecular complexity index is 1710. The van der Waals surface area contributed by atoms with Gasteiger partial charge < -0.3 is 9.47 Å². The minimum absolute atomic E-state index is 0.265. The number of rotatable bonds is 3. The second kappa shape index (κ2) is 8.18. The van der Waals surface area contributed by atoms with Crippen LogP contribution in [0.5, 0.6) is 5.75 Å². The van der Waals surface area contributed by atoms with Crippen LogP contribution in [0.3, 0.4) is 0 Å². The lowest BCUT2D eigenvalue weighted by Gasteiger charge is -2.44. The normalized spacial score (nSPS) is 22.3. The summed E-state index contributed by atoms with van der Waals surface area (Å²) in [7, 11) is 1.33. The zero-order valence-electron chi connectivity index (χ0n) is 19.6. The Morgan fingerprint density at radius 1 is 1.19 bits per heavy atom. The van der Waals surface area contributed by atoms with Crippen LogP contribution in [0.15, 0.2) is 64.4 Å². The average molecular weight is 521 g/mol. The first-order valence-corrected chi connectivity index (χ1v) is 12.5. The molecule has 0 aliphatic carbocycles. The van der Waals surface area contributed by atoms with E-state index in [1.165, 1.54) is 18.4 Å². The van der Waals surface area contributed by atoms with Crippen LogP contribution in [0.4, 0.5) is 0 Å². The van der Waals surface area contributed by atoms with Crippen LogP contribution >= 0.6 is 22.9 Å². The summed E-state index contributed by atoms with van der Waals surface area (Å²) in [6, 6.07) is 16.3. The molecule has 0 unspecified atom stereocenters. The van der Waals surface area contributed by atoms with E-state index in [1.807, 2.05) is 61.5 Å². The number of methoxy groups -OCH3 is 1. The third kappa shape index (κ3) is 3.26. The summed E-state index contributed by atoms with van der Waals surface area (Å²) >= 11 is 7.95. The average Bonchev–Trinajstić information content (AvgIpc) is 3.33. The molecule has 8 nitrogen and oxygen atoms in total. The van der Waals surface area contributed by atoms with E-state index in [2.05, 4.69) is 5.10 Å². The first kappa shape index (κ1) is 22.8. The lowest BCUT2D eigenvalue weighted by atomic mass is 9.81. The van der Waals surface area contributed by atoms with Crippen LogP contribution in [0, 0.1) is 12.8 Å². The van der Waals surface area contributed by atoms with Gasteiger partial charge in [0.25, 0.3) is 5.56 Å². The number of aromatic nitrogens is 3. The van der Waals surface area contributed by atoms with Crippen LogP contribution in [0.25, 0.3) is 11.8 Å². The Kier molecular flexibility index (Phi) is 5.17. The van der Waals surface area contributed by atoms with Crippen LogP contribution in [-0.4, -0.2) is 33.2 Å². The van der Waals surface area contributed by atoms with E-state index >= 15 is 0 Å². The second-order valence-corrected chi connectivity index (χ2v) is 10.2. The highest BCUT2D eigenvalue weighted by molar-refractivity contribution is 7.07. The molecule has 0 spiro atoms. The van der Waals surface area contributed by atoms with Gasteiger partial charge in [-0.1, -0.05) is 59.3 Å². The topological polar surface area (TPSA) is 87.7 Å². The Morgan fingerprint density at radius 3 is 2.67 bits per heavy atom. The molecular weight excluding hydrogens is 500 g/mol. The van der Waals surface area contributed by atoms with E-state index in [0.717, 1.165) is 11.3 Å².